The SMILES string of the molecule is CCc1ncnc(N(CCN)C2CCCC2)c1F. The first-order valence-electron chi connectivity index (χ1n) is 6.74. The number of hydrogen-bond acceptors (Lipinski definition) is 4. The van der Waals surface area contributed by atoms with Crippen LogP contribution in [0.5, 0.6) is 0 Å². The van der Waals surface area contributed by atoms with Crippen molar-refractivity contribution in [1.82, 2.24) is 9.97 Å². The van der Waals surface area contributed by atoms with E-state index < -0.39 is 0 Å². The van der Waals surface area contributed by atoms with E-state index in [4.69, 9.17) is 5.73 Å². The second kappa shape index (κ2) is 6.09. The Balaban J connectivity index is 2.29. The number of rotatable bonds is 5. The maximum absolute atomic E-state index is 14.3. The molecule has 5 heteroatoms. The van der Waals surface area contributed by atoms with Crippen molar-refractivity contribution in [2.24, 2.45) is 5.73 Å². The van der Waals surface area contributed by atoms with Gasteiger partial charge in [0.25, 0.3) is 0 Å². The van der Waals surface area contributed by atoms with Crippen molar-refractivity contribution < 1.29 is 4.39 Å². The summed E-state index contributed by atoms with van der Waals surface area (Å²) in [7, 11) is 0. The van der Waals surface area contributed by atoms with Gasteiger partial charge in [-0.3, -0.25) is 0 Å². The lowest BCUT2D eigenvalue weighted by molar-refractivity contribution is 0.548. The van der Waals surface area contributed by atoms with Gasteiger partial charge in [-0.15, -0.1) is 0 Å². The lowest BCUT2D eigenvalue weighted by atomic mass is 10.2. The summed E-state index contributed by atoms with van der Waals surface area (Å²) < 4.78 is 14.3. The average Bonchev–Trinajstić information content (AvgIpc) is 2.90. The van der Waals surface area contributed by atoms with Gasteiger partial charge in [0.05, 0.1) is 5.69 Å². The number of anilines is 1. The maximum atomic E-state index is 14.3. The number of nitrogens with zero attached hydrogens (tertiary/aromatic N) is 3. The van der Waals surface area contributed by atoms with Crippen LogP contribution >= 0.6 is 0 Å². The highest BCUT2D eigenvalue weighted by molar-refractivity contribution is 5.42. The van der Waals surface area contributed by atoms with E-state index in [0.29, 0.717) is 37.1 Å². The second-order valence-electron chi connectivity index (χ2n) is 4.73. The predicted octanol–water partition coefficient (Wildman–Crippen LogP) is 1.89. The molecular formula is C13H21FN4. The number of nitrogens with two attached hydrogens (primary N) is 1. The molecule has 1 aromatic rings. The Labute approximate surface area is 107 Å². The van der Waals surface area contributed by atoms with Gasteiger partial charge in [-0.05, 0) is 19.3 Å². The van der Waals surface area contributed by atoms with Crippen molar-refractivity contribution in [1.29, 1.82) is 0 Å². The van der Waals surface area contributed by atoms with Crippen LogP contribution in [-0.2, 0) is 6.42 Å². The van der Waals surface area contributed by atoms with E-state index in [0.717, 1.165) is 12.8 Å². The van der Waals surface area contributed by atoms with Gasteiger partial charge in [-0.25, -0.2) is 14.4 Å². The van der Waals surface area contributed by atoms with Gasteiger partial charge >= 0.3 is 0 Å². The molecule has 1 heterocycles. The highest BCUT2D eigenvalue weighted by Gasteiger charge is 2.26. The summed E-state index contributed by atoms with van der Waals surface area (Å²) in [5.41, 5.74) is 6.13. The minimum Gasteiger partial charge on any atom is -0.350 e. The summed E-state index contributed by atoms with van der Waals surface area (Å²) >= 11 is 0. The van der Waals surface area contributed by atoms with Crippen molar-refractivity contribution in [3.63, 3.8) is 0 Å². The molecule has 100 valence electrons. The van der Waals surface area contributed by atoms with E-state index in [2.05, 4.69) is 9.97 Å². The Hall–Kier alpha value is -1.23. The molecule has 1 fully saturated rings. The topological polar surface area (TPSA) is 55.0 Å². The average molecular weight is 252 g/mol. The molecule has 0 amide bonds. The fourth-order valence-corrected chi connectivity index (χ4v) is 2.66. The lowest BCUT2D eigenvalue weighted by Gasteiger charge is -2.30. The molecule has 0 unspecified atom stereocenters. The highest BCUT2D eigenvalue weighted by Crippen LogP contribution is 2.28. The molecule has 0 spiro atoms. The molecule has 4 nitrogen and oxygen atoms in total. The van der Waals surface area contributed by atoms with Crippen LogP contribution in [0.3, 0.4) is 0 Å². The predicted molar refractivity (Wildman–Crippen MR) is 70.0 cm³/mol. The Bertz CT molecular complexity index is 391. The van der Waals surface area contributed by atoms with Gasteiger partial charge in [-0.1, -0.05) is 19.8 Å². The van der Waals surface area contributed by atoms with E-state index in [1.54, 1.807) is 0 Å². The van der Waals surface area contributed by atoms with Crippen molar-refractivity contribution in [2.45, 2.75) is 45.1 Å². The number of aryl methyl sites for hydroxylation is 1. The maximum Gasteiger partial charge on any atom is 0.187 e. The monoisotopic (exact) mass is 252 g/mol. The van der Waals surface area contributed by atoms with E-state index in [1.807, 2.05) is 11.8 Å². The van der Waals surface area contributed by atoms with Gasteiger partial charge in [0.1, 0.15) is 6.33 Å². The summed E-state index contributed by atoms with van der Waals surface area (Å²) in [5.74, 6) is 0.152. The number of hydrogen-bond donors (Lipinski definition) is 1. The Morgan fingerprint density at radius 3 is 2.72 bits per heavy atom. The van der Waals surface area contributed by atoms with E-state index in [9.17, 15) is 4.39 Å². The van der Waals surface area contributed by atoms with Gasteiger partial charge in [0, 0.05) is 19.1 Å². The number of halogens is 1. The van der Waals surface area contributed by atoms with Crippen LogP contribution in [0.15, 0.2) is 6.33 Å². The highest BCUT2D eigenvalue weighted by atomic mass is 19.1. The Kier molecular flexibility index (Phi) is 4.47. The summed E-state index contributed by atoms with van der Waals surface area (Å²) in [6.45, 7) is 3.07. The van der Waals surface area contributed by atoms with Gasteiger partial charge in [-0.2, -0.15) is 0 Å². The van der Waals surface area contributed by atoms with Crippen LogP contribution in [0, 0.1) is 5.82 Å². The Morgan fingerprint density at radius 2 is 2.11 bits per heavy atom. The fourth-order valence-electron chi connectivity index (χ4n) is 2.66. The van der Waals surface area contributed by atoms with Gasteiger partial charge < -0.3 is 10.6 Å². The summed E-state index contributed by atoms with van der Waals surface area (Å²) in [6.07, 6.45) is 6.66. The quantitative estimate of drug-likeness (QED) is 0.869. The first-order chi connectivity index (χ1) is 8.77. The lowest BCUT2D eigenvalue weighted by Crippen LogP contribution is -2.38. The van der Waals surface area contributed by atoms with Crippen LogP contribution in [0.25, 0.3) is 0 Å². The van der Waals surface area contributed by atoms with E-state index >= 15 is 0 Å². The molecule has 1 saturated carbocycles. The fraction of sp³-hybridized carbons (Fsp3) is 0.692. The molecule has 0 saturated heterocycles. The molecule has 0 aliphatic heterocycles. The Morgan fingerprint density at radius 1 is 1.39 bits per heavy atom. The molecule has 2 N–H and O–H groups in total. The minimum absolute atomic E-state index is 0.277. The molecule has 0 aromatic carbocycles. The zero-order valence-electron chi connectivity index (χ0n) is 10.9. The molecule has 0 radical (unpaired) electrons. The van der Waals surface area contributed by atoms with Crippen molar-refractivity contribution in [2.75, 3.05) is 18.0 Å². The first kappa shape index (κ1) is 13.2. The van der Waals surface area contributed by atoms with Crippen molar-refractivity contribution in [3.05, 3.63) is 17.8 Å². The summed E-state index contributed by atoms with van der Waals surface area (Å²) in [6, 6.07) is 0.377. The van der Waals surface area contributed by atoms with E-state index in [-0.39, 0.29) is 5.82 Å². The number of aromatic nitrogens is 2. The normalized spacial score (nSPS) is 16.2. The molecule has 2 rings (SSSR count). The third kappa shape index (κ3) is 2.61. The zero-order chi connectivity index (χ0) is 13.0. The molecular weight excluding hydrogens is 231 g/mol. The summed E-state index contributed by atoms with van der Waals surface area (Å²) in [4.78, 5) is 10.1. The van der Waals surface area contributed by atoms with Gasteiger partial charge in [0.2, 0.25) is 0 Å². The largest absolute Gasteiger partial charge is 0.350 e. The van der Waals surface area contributed by atoms with Gasteiger partial charge in [0.15, 0.2) is 11.6 Å². The van der Waals surface area contributed by atoms with Crippen molar-refractivity contribution >= 4 is 5.82 Å². The first-order valence-corrected chi connectivity index (χ1v) is 6.74. The van der Waals surface area contributed by atoms with Crippen LogP contribution in [0.4, 0.5) is 10.2 Å². The third-order valence-electron chi connectivity index (χ3n) is 3.59. The second-order valence-corrected chi connectivity index (χ2v) is 4.73. The van der Waals surface area contributed by atoms with Crippen LogP contribution in [0.1, 0.15) is 38.3 Å². The van der Waals surface area contributed by atoms with Crippen LogP contribution < -0.4 is 10.6 Å². The molecule has 18 heavy (non-hydrogen) atoms. The van der Waals surface area contributed by atoms with Crippen LogP contribution in [-0.4, -0.2) is 29.1 Å². The minimum atomic E-state index is -0.277. The van der Waals surface area contributed by atoms with Crippen LogP contribution in [0.2, 0.25) is 0 Å². The van der Waals surface area contributed by atoms with Crippen molar-refractivity contribution in [3.8, 4) is 0 Å². The smallest absolute Gasteiger partial charge is 0.187 e. The molecule has 1 aromatic heterocycles. The zero-order valence-corrected chi connectivity index (χ0v) is 10.9. The molecule has 1 aliphatic carbocycles. The summed E-state index contributed by atoms with van der Waals surface area (Å²) in [5, 5.41) is 0. The third-order valence-corrected chi connectivity index (χ3v) is 3.59. The molecule has 0 bridgehead atoms. The van der Waals surface area contributed by atoms with E-state index in [1.165, 1.54) is 19.2 Å². The molecule has 0 atom stereocenters. The standard InChI is InChI=1S/C13H21FN4/c1-2-11-12(14)13(17-9-16-11)18(8-7-15)10-5-3-4-6-10/h9-10H,2-8,15H2,1H3. The molecule has 1 aliphatic rings.